The third kappa shape index (κ3) is 1.88. The minimum Gasteiger partial charge on any atom is -0.478 e. The van der Waals surface area contributed by atoms with E-state index in [1.165, 1.54) is 6.07 Å². The maximum atomic E-state index is 10.5. The molecule has 0 unspecified atom stereocenters. The van der Waals surface area contributed by atoms with Crippen LogP contribution < -0.4 is 0 Å². The Balaban J connectivity index is 3.33. The molecule has 0 aromatic carbocycles. The SMILES string of the molecule is O=C(O)c1cc(Br)c(Cl)nc1Cl. The van der Waals surface area contributed by atoms with Crippen molar-refractivity contribution in [2.75, 3.05) is 0 Å². The van der Waals surface area contributed by atoms with Crippen molar-refractivity contribution in [3.8, 4) is 0 Å². The molecule has 1 aromatic heterocycles. The first-order valence-corrected chi connectivity index (χ1v) is 4.32. The van der Waals surface area contributed by atoms with E-state index in [0.717, 1.165) is 0 Å². The van der Waals surface area contributed by atoms with Crippen LogP contribution in [0.2, 0.25) is 10.3 Å². The zero-order valence-corrected chi connectivity index (χ0v) is 8.61. The molecule has 1 aromatic rings. The molecule has 0 aliphatic carbocycles. The largest absolute Gasteiger partial charge is 0.478 e. The summed E-state index contributed by atoms with van der Waals surface area (Å²) >= 11 is 14.1. The minimum atomic E-state index is -1.13. The lowest BCUT2D eigenvalue weighted by Gasteiger charge is -1.99. The third-order valence-corrected chi connectivity index (χ3v) is 2.53. The molecule has 0 aliphatic heterocycles. The number of hydrogen-bond acceptors (Lipinski definition) is 2. The van der Waals surface area contributed by atoms with Crippen molar-refractivity contribution in [3.63, 3.8) is 0 Å². The van der Waals surface area contributed by atoms with Crippen LogP contribution >= 0.6 is 39.1 Å². The lowest BCUT2D eigenvalue weighted by Crippen LogP contribution is -1.99. The van der Waals surface area contributed by atoms with Gasteiger partial charge in [-0.25, -0.2) is 9.78 Å². The number of aromatic carboxylic acids is 1. The first-order valence-electron chi connectivity index (χ1n) is 2.77. The van der Waals surface area contributed by atoms with Crippen LogP contribution in [0.25, 0.3) is 0 Å². The van der Waals surface area contributed by atoms with Crippen LogP contribution in [-0.4, -0.2) is 16.1 Å². The number of carboxylic acid groups (broad SMARTS) is 1. The molecule has 0 saturated carbocycles. The molecule has 12 heavy (non-hydrogen) atoms. The summed E-state index contributed by atoms with van der Waals surface area (Å²) in [5.74, 6) is -1.13. The highest BCUT2D eigenvalue weighted by Gasteiger charge is 2.12. The highest BCUT2D eigenvalue weighted by molar-refractivity contribution is 9.10. The molecule has 64 valence electrons. The summed E-state index contributed by atoms with van der Waals surface area (Å²) in [5.41, 5.74) is -0.0760. The second kappa shape index (κ2) is 3.60. The molecule has 0 amide bonds. The zero-order chi connectivity index (χ0) is 9.30. The second-order valence-corrected chi connectivity index (χ2v) is 3.47. The molecule has 1 N–H and O–H groups in total. The fourth-order valence-electron chi connectivity index (χ4n) is 0.596. The number of nitrogens with zero attached hydrogens (tertiary/aromatic N) is 1. The normalized spacial score (nSPS) is 9.92. The predicted molar refractivity (Wildman–Crippen MR) is 48.9 cm³/mol. The topological polar surface area (TPSA) is 50.2 Å². The highest BCUT2D eigenvalue weighted by atomic mass is 79.9. The molecule has 0 radical (unpaired) electrons. The molecule has 1 heterocycles. The molecule has 0 aliphatic rings. The summed E-state index contributed by atoms with van der Waals surface area (Å²) in [6, 6.07) is 1.31. The molecule has 0 bridgehead atoms. The Hall–Kier alpha value is -0.320. The number of hydrogen-bond donors (Lipinski definition) is 1. The monoisotopic (exact) mass is 269 g/mol. The van der Waals surface area contributed by atoms with E-state index in [-0.39, 0.29) is 15.9 Å². The van der Waals surface area contributed by atoms with E-state index in [4.69, 9.17) is 28.3 Å². The van der Waals surface area contributed by atoms with Gasteiger partial charge in [-0.1, -0.05) is 23.2 Å². The molecule has 6 heteroatoms. The summed E-state index contributed by atoms with van der Waals surface area (Å²) in [7, 11) is 0. The van der Waals surface area contributed by atoms with Crippen LogP contribution in [0, 0.1) is 0 Å². The fourth-order valence-corrected chi connectivity index (χ4v) is 1.32. The van der Waals surface area contributed by atoms with E-state index in [0.29, 0.717) is 4.47 Å². The van der Waals surface area contributed by atoms with Gasteiger partial charge in [0.05, 0.1) is 10.0 Å². The van der Waals surface area contributed by atoms with Gasteiger partial charge in [0, 0.05) is 0 Å². The molecule has 0 saturated heterocycles. The lowest BCUT2D eigenvalue weighted by atomic mass is 10.3. The molecular weight excluding hydrogens is 269 g/mol. The van der Waals surface area contributed by atoms with Gasteiger partial charge in [0.15, 0.2) is 0 Å². The van der Waals surface area contributed by atoms with E-state index in [9.17, 15) is 4.79 Å². The molecule has 0 atom stereocenters. The first kappa shape index (κ1) is 9.77. The molecule has 1 rings (SSSR count). The average Bonchev–Trinajstić information content (AvgIpc) is 1.96. The Kier molecular flexibility index (Phi) is 2.93. The van der Waals surface area contributed by atoms with Gasteiger partial charge in [0.2, 0.25) is 0 Å². The number of carboxylic acids is 1. The molecular formula is C6H2BrCl2NO2. The van der Waals surface area contributed by atoms with Crippen LogP contribution in [0.3, 0.4) is 0 Å². The Morgan fingerprint density at radius 1 is 1.50 bits per heavy atom. The average molecular weight is 271 g/mol. The van der Waals surface area contributed by atoms with Crippen LogP contribution in [-0.2, 0) is 0 Å². The van der Waals surface area contributed by atoms with Crippen molar-refractivity contribution in [3.05, 3.63) is 26.4 Å². The Bertz CT molecular complexity index is 343. The van der Waals surface area contributed by atoms with E-state index in [1.807, 2.05) is 0 Å². The minimum absolute atomic E-state index is 0.0760. The smallest absolute Gasteiger partial charge is 0.338 e. The van der Waals surface area contributed by atoms with Crippen LogP contribution in [0.15, 0.2) is 10.5 Å². The van der Waals surface area contributed by atoms with Gasteiger partial charge in [-0.2, -0.15) is 0 Å². The van der Waals surface area contributed by atoms with Gasteiger partial charge in [-0.15, -0.1) is 0 Å². The van der Waals surface area contributed by atoms with E-state index < -0.39 is 5.97 Å². The quantitative estimate of drug-likeness (QED) is 0.799. The summed E-state index contributed by atoms with van der Waals surface area (Å²) < 4.78 is 0.408. The van der Waals surface area contributed by atoms with Gasteiger partial charge in [0.25, 0.3) is 0 Å². The van der Waals surface area contributed by atoms with Crippen LogP contribution in [0.5, 0.6) is 0 Å². The Morgan fingerprint density at radius 3 is 2.58 bits per heavy atom. The lowest BCUT2D eigenvalue weighted by molar-refractivity contribution is 0.0696. The van der Waals surface area contributed by atoms with Gasteiger partial charge in [-0.05, 0) is 22.0 Å². The van der Waals surface area contributed by atoms with Crippen molar-refractivity contribution in [1.29, 1.82) is 0 Å². The van der Waals surface area contributed by atoms with E-state index >= 15 is 0 Å². The maximum absolute atomic E-state index is 10.5. The number of pyridine rings is 1. The summed E-state index contributed by atoms with van der Waals surface area (Å²) in [6.07, 6.45) is 0. The maximum Gasteiger partial charge on any atom is 0.338 e. The van der Waals surface area contributed by atoms with Gasteiger partial charge < -0.3 is 5.11 Å². The number of aromatic nitrogens is 1. The van der Waals surface area contributed by atoms with Gasteiger partial charge >= 0.3 is 5.97 Å². The third-order valence-electron chi connectivity index (χ3n) is 1.12. The summed E-state index contributed by atoms with van der Waals surface area (Å²) in [6.45, 7) is 0. The highest BCUT2D eigenvalue weighted by Crippen LogP contribution is 2.25. The number of carbonyl (C=O) groups is 1. The van der Waals surface area contributed by atoms with Gasteiger partial charge in [0.1, 0.15) is 10.3 Å². The van der Waals surface area contributed by atoms with Crippen LogP contribution in [0.4, 0.5) is 0 Å². The van der Waals surface area contributed by atoms with Gasteiger partial charge in [-0.3, -0.25) is 0 Å². The molecule has 0 spiro atoms. The van der Waals surface area contributed by atoms with Crippen LogP contribution in [0.1, 0.15) is 10.4 Å². The molecule has 3 nitrogen and oxygen atoms in total. The van der Waals surface area contributed by atoms with Crippen molar-refractivity contribution >= 4 is 45.1 Å². The number of rotatable bonds is 1. The summed E-state index contributed by atoms with van der Waals surface area (Å²) in [4.78, 5) is 14.1. The molecule has 0 fully saturated rings. The summed E-state index contributed by atoms with van der Waals surface area (Å²) in [5, 5.41) is 8.62. The predicted octanol–water partition coefficient (Wildman–Crippen LogP) is 2.85. The van der Waals surface area contributed by atoms with Crippen molar-refractivity contribution in [1.82, 2.24) is 4.98 Å². The van der Waals surface area contributed by atoms with Crippen molar-refractivity contribution in [2.45, 2.75) is 0 Å². The Morgan fingerprint density at radius 2 is 2.08 bits per heavy atom. The second-order valence-electron chi connectivity index (χ2n) is 1.90. The van der Waals surface area contributed by atoms with Crippen molar-refractivity contribution in [2.24, 2.45) is 0 Å². The Labute approximate surface area is 86.4 Å². The van der Waals surface area contributed by atoms with E-state index in [2.05, 4.69) is 20.9 Å². The number of halogens is 3. The fraction of sp³-hybridized carbons (Fsp3) is 0. The zero-order valence-electron chi connectivity index (χ0n) is 5.51. The first-order chi connectivity index (χ1) is 5.52. The van der Waals surface area contributed by atoms with E-state index in [1.54, 1.807) is 0 Å². The standard InChI is InChI=1S/C6H2BrCl2NO2/c7-3-1-2(6(11)12)4(8)10-5(3)9/h1H,(H,11,12). The van der Waals surface area contributed by atoms with Crippen molar-refractivity contribution < 1.29 is 9.90 Å².